The van der Waals surface area contributed by atoms with Crippen LogP contribution in [0.25, 0.3) is 0 Å². The Morgan fingerprint density at radius 2 is 2.35 bits per heavy atom. The van der Waals surface area contributed by atoms with Gasteiger partial charge < -0.3 is 15.2 Å². The Morgan fingerprint density at radius 3 is 3.00 bits per heavy atom. The van der Waals surface area contributed by atoms with E-state index < -0.39 is 5.97 Å². The number of hydrogen-bond donors (Lipinski definition) is 2. The average Bonchev–Trinajstić information content (AvgIpc) is 2.25. The highest BCUT2D eigenvalue weighted by Crippen LogP contribution is 2.21. The number of ether oxygens (including phenoxy) is 1. The van der Waals surface area contributed by atoms with Crippen molar-refractivity contribution >= 4 is 11.7 Å². The van der Waals surface area contributed by atoms with E-state index in [1.165, 1.54) is 0 Å². The first-order valence-corrected chi connectivity index (χ1v) is 5.67. The zero-order chi connectivity index (χ0) is 12.7. The molecule has 1 aromatic heterocycles. The third-order valence-corrected chi connectivity index (χ3v) is 2.00. The number of pyridine rings is 1. The summed E-state index contributed by atoms with van der Waals surface area (Å²) in [7, 11) is 0. The van der Waals surface area contributed by atoms with Gasteiger partial charge in [-0.2, -0.15) is 0 Å². The Hall–Kier alpha value is -1.78. The molecule has 1 rings (SSSR count). The lowest BCUT2D eigenvalue weighted by atomic mass is 10.3. The predicted molar refractivity (Wildman–Crippen MR) is 65.4 cm³/mol. The summed E-state index contributed by atoms with van der Waals surface area (Å²) in [5.74, 6) is -0.227. The first-order chi connectivity index (χ1) is 8.09. The van der Waals surface area contributed by atoms with Crippen LogP contribution in [0.2, 0.25) is 0 Å². The highest BCUT2D eigenvalue weighted by Gasteiger charge is 2.06. The van der Waals surface area contributed by atoms with Gasteiger partial charge in [-0.25, -0.2) is 4.98 Å². The normalized spacial score (nSPS) is 10.3. The SMILES string of the molecule is CC(C)Oc1ncccc1NCCCC(=O)O. The first kappa shape index (κ1) is 13.3. The summed E-state index contributed by atoms with van der Waals surface area (Å²) in [6.45, 7) is 4.46. The number of anilines is 1. The minimum atomic E-state index is -0.781. The van der Waals surface area contributed by atoms with Crippen LogP contribution >= 0.6 is 0 Å². The lowest BCUT2D eigenvalue weighted by Gasteiger charge is -2.13. The molecule has 2 N–H and O–H groups in total. The maximum atomic E-state index is 10.4. The highest BCUT2D eigenvalue weighted by molar-refractivity contribution is 5.66. The van der Waals surface area contributed by atoms with Crippen molar-refractivity contribution in [2.45, 2.75) is 32.8 Å². The molecular formula is C12H18N2O3. The Labute approximate surface area is 101 Å². The molecule has 0 aromatic carbocycles. The van der Waals surface area contributed by atoms with Gasteiger partial charge in [0.1, 0.15) is 0 Å². The molecule has 0 fully saturated rings. The number of carboxylic acid groups (broad SMARTS) is 1. The van der Waals surface area contributed by atoms with E-state index in [2.05, 4.69) is 10.3 Å². The van der Waals surface area contributed by atoms with Crippen molar-refractivity contribution in [2.75, 3.05) is 11.9 Å². The molecule has 0 bridgehead atoms. The lowest BCUT2D eigenvalue weighted by molar-refractivity contribution is -0.137. The molecule has 0 aliphatic heterocycles. The van der Waals surface area contributed by atoms with Gasteiger partial charge in [-0.3, -0.25) is 4.79 Å². The molecule has 17 heavy (non-hydrogen) atoms. The summed E-state index contributed by atoms with van der Waals surface area (Å²) >= 11 is 0. The molecule has 0 amide bonds. The third kappa shape index (κ3) is 5.19. The van der Waals surface area contributed by atoms with E-state index in [0.717, 1.165) is 5.69 Å². The number of carboxylic acids is 1. The molecule has 5 nitrogen and oxygen atoms in total. The molecule has 0 radical (unpaired) electrons. The van der Waals surface area contributed by atoms with Gasteiger partial charge in [0.2, 0.25) is 5.88 Å². The molecule has 0 unspecified atom stereocenters. The van der Waals surface area contributed by atoms with Gasteiger partial charge in [0.05, 0.1) is 11.8 Å². The van der Waals surface area contributed by atoms with Crippen LogP contribution in [-0.4, -0.2) is 28.7 Å². The lowest BCUT2D eigenvalue weighted by Crippen LogP contribution is -2.11. The van der Waals surface area contributed by atoms with Crippen molar-refractivity contribution in [3.63, 3.8) is 0 Å². The number of aliphatic carboxylic acids is 1. The first-order valence-electron chi connectivity index (χ1n) is 5.67. The van der Waals surface area contributed by atoms with E-state index in [0.29, 0.717) is 18.8 Å². The highest BCUT2D eigenvalue weighted by atomic mass is 16.5. The summed E-state index contributed by atoms with van der Waals surface area (Å²) < 4.78 is 5.53. The van der Waals surface area contributed by atoms with Crippen molar-refractivity contribution < 1.29 is 14.6 Å². The van der Waals surface area contributed by atoms with Crippen molar-refractivity contribution in [1.82, 2.24) is 4.98 Å². The maximum Gasteiger partial charge on any atom is 0.303 e. The van der Waals surface area contributed by atoms with Crippen LogP contribution in [0.15, 0.2) is 18.3 Å². The van der Waals surface area contributed by atoms with Crippen molar-refractivity contribution in [2.24, 2.45) is 0 Å². The fraction of sp³-hybridized carbons (Fsp3) is 0.500. The molecule has 0 spiro atoms. The van der Waals surface area contributed by atoms with Crippen LogP contribution in [0.3, 0.4) is 0 Å². The van der Waals surface area contributed by atoms with Gasteiger partial charge in [-0.05, 0) is 32.4 Å². The molecular weight excluding hydrogens is 220 g/mol. The molecule has 1 aromatic rings. The number of nitrogens with zero attached hydrogens (tertiary/aromatic N) is 1. The van der Waals surface area contributed by atoms with Crippen LogP contribution < -0.4 is 10.1 Å². The summed E-state index contributed by atoms with van der Waals surface area (Å²) in [4.78, 5) is 14.5. The quantitative estimate of drug-likeness (QED) is 0.712. The monoisotopic (exact) mass is 238 g/mol. The van der Waals surface area contributed by atoms with Crippen LogP contribution in [0.5, 0.6) is 5.88 Å². The molecule has 0 aliphatic carbocycles. The van der Waals surface area contributed by atoms with Crippen molar-refractivity contribution in [1.29, 1.82) is 0 Å². The van der Waals surface area contributed by atoms with Crippen LogP contribution in [-0.2, 0) is 4.79 Å². The second-order valence-corrected chi connectivity index (χ2v) is 3.95. The molecule has 0 saturated heterocycles. The smallest absolute Gasteiger partial charge is 0.303 e. The molecule has 1 heterocycles. The molecule has 0 saturated carbocycles. The minimum Gasteiger partial charge on any atom is -0.481 e. The average molecular weight is 238 g/mol. The standard InChI is InChI=1S/C12H18N2O3/c1-9(2)17-12-10(5-3-8-14-12)13-7-4-6-11(15)16/h3,5,8-9,13H,4,6-7H2,1-2H3,(H,15,16). The number of rotatable bonds is 7. The van der Waals surface area contributed by atoms with E-state index >= 15 is 0 Å². The maximum absolute atomic E-state index is 10.4. The number of hydrogen-bond acceptors (Lipinski definition) is 4. The number of aromatic nitrogens is 1. The van der Waals surface area contributed by atoms with Crippen LogP contribution in [0, 0.1) is 0 Å². The number of carbonyl (C=O) groups is 1. The summed E-state index contributed by atoms with van der Waals surface area (Å²) in [6, 6.07) is 3.68. The van der Waals surface area contributed by atoms with E-state index in [1.807, 2.05) is 26.0 Å². The second-order valence-electron chi connectivity index (χ2n) is 3.95. The van der Waals surface area contributed by atoms with Crippen LogP contribution in [0.4, 0.5) is 5.69 Å². The van der Waals surface area contributed by atoms with E-state index in [9.17, 15) is 4.79 Å². The largest absolute Gasteiger partial charge is 0.481 e. The second kappa shape index (κ2) is 6.73. The fourth-order valence-electron chi connectivity index (χ4n) is 1.31. The van der Waals surface area contributed by atoms with Crippen molar-refractivity contribution in [3.05, 3.63) is 18.3 Å². The summed E-state index contributed by atoms with van der Waals surface area (Å²) in [6.07, 6.45) is 2.46. The minimum absolute atomic E-state index is 0.0597. The third-order valence-electron chi connectivity index (χ3n) is 2.00. The predicted octanol–water partition coefficient (Wildman–Crippen LogP) is 2.15. The van der Waals surface area contributed by atoms with Gasteiger partial charge in [-0.1, -0.05) is 0 Å². The Kier molecular flexibility index (Phi) is 5.26. The Bertz CT molecular complexity index is 367. The Balaban J connectivity index is 2.49. The van der Waals surface area contributed by atoms with Gasteiger partial charge >= 0.3 is 5.97 Å². The summed E-state index contributed by atoms with van der Waals surface area (Å²) in [5.41, 5.74) is 0.798. The zero-order valence-electron chi connectivity index (χ0n) is 10.1. The molecule has 5 heteroatoms. The van der Waals surface area contributed by atoms with Gasteiger partial charge in [-0.15, -0.1) is 0 Å². The van der Waals surface area contributed by atoms with Gasteiger partial charge in [0.15, 0.2) is 0 Å². The van der Waals surface area contributed by atoms with E-state index in [4.69, 9.17) is 9.84 Å². The molecule has 0 aliphatic rings. The van der Waals surface area contributed by atoms with E-state index in [1.54, 1.807) is 6.20 Å². The van der Waals surface area contributed by atoms with E-state index in [-0.39, 0.29) is 12.5 Å². The number of nitrogens with one attached hydrogen (secondary N) is 1. The van der Waals surface area contributed by atoms with Gasteiger partial charge in [0.25, 0.3) is 0 Å². The fourth-order valence-corrected chi connectivity index (χ4v) is 1.31. The topological polar surface area (TPSA) is 71.5 Å². The molecule has 0 atom stereocenters. The van der Waals surface area contributed by atoms with Crippen LogP contribution in [0.1, 0.15) is 26.7 Å². The van der Waals surface area contributed by atoms with Crippen molar-refractivity contribution in [3.8, 4) is 5.88 Å². The Morgan fingerprint density at radius 1 is 1.59 bits per heavy atom. The zero-order valence-corrected chi connectivity index (χ0v) is 10.1. The van der Waals surface area contributed by atoms with Gasteiger partial charge in [0, 0.05) is 19.2 Å². The summed E-state index contributed by atoms with van der Waals surface area (Å²) in [5, 5.41) is 11.6. The molecule has 94 valence electrons.